The van der Waals surface area contributed by atoms with Crippen LogP contribution in [0.3, 0.4) is 0 Å². The highest BCUT2D eigenvalue weighted by Gasteiger charge is 2.38. The Hall–Kier alpha value is -0.780. The molecule has 4 atom stereocenters. The summed E-state index contributed by atoms with van der Waals surface area (Å²) in [5.41, 5.74) is 1.17. The number of fused-ring (bicyclic) bond motifs is 1. The lowest BCUT2D eigenvalue weighted by Gasteiger charge is -2.45. The molecule has 2 aliphatic carbocycles. The monoisotopic (exact) mass is 230 g/mol. The topological polar surface area (TPSA) is 0 Å². The molecule has 1 aromatic rings. The quantitative estimate of drug-likeness (QED) is 0.636. The molecule has 2 fully saturated rings. The van der Waals surface area contributed by atoms with Gasteiger partial charge in [-0.05, 0) is 54.9 Å². The highest BCUT2D eigenvalue weighted by molar-refractivity contribution is 5.21. The predicted molar refractivity (Wildman–Crippen MR) is 73.0 cm³/mol. The van der Waals surface area contributed by atoms with E-state index in [1.54, 1.807) is 0 Å². The third-order valence-corrected chi connectivity index (χ3v) is 4.78. The molecule has 0 nitrogen and oxygen atoms in total. The van der Waals surface area contributed by atoms with Crippen LogP contribution in [-0.4, -0.2) is 0 Å². The van der Waals surface area contributed by atoms with Crippen molar-refractivity contribution in [3.05, 3.63) is 35.9 Å². The van der Waals surface area contributed by atoms with Gasteiger partial charge in [0.2, 0.25) is 0 Å². The summed E-state index contributed by atoms with van der Waals surface area (Å²) < 4.78 is 17.7. The van der Waals surface area contributed by atoms with Crippen LogP contribution in [-0.2, 0) is 0 Å². The second-order valence-electron chi connectivity index (χ2n) is 5.74. The van der Waals surface area contributed by atoms with E-state index in [4.69, 9.17) is 2.74 Å². The summed E-state index contributed by atoms with van der Waals surface area (Å²) in [7, 11) is 0. The normalized spacial score (nSPS) is 47.8. The lowest BCUT2D eigenvalue weighted by molar-refractivity contribution is 0.0923. The Kier molecular flexibility index (Phi) is 2.62. The molecule has 0 heterocycles. The zero-order chi connectivity index (χ0) is 13.5. The zero-order valence-electron chi connectivity index (χ0n) is 12.8. The van der Waals surface area contributed by atoms with Crippen LogP contribution in [0.15, 0.2) is 30.3 Å². The molecule has 0 radical (unpaired) electrons. The van der Waals surface area contributed by atoms with Crippen molar-refractivity contribution in [2.75, 3.05) is 0 Å². The first-order valence-corrected chi connectivity index (χ1v) is 7.09. The molecule has 0 aliphatic heterocycles. The van der Waals surface area contributed by atoms with Gasteiger partial charge < -0.3 is 0 Å². The third kappa shape index (κ3) is 2.14. The summed E-state index contributed by atoms with van der Waals surface area (Å²) in [5, 5.41) is 0. The second-order valence-corrected chi connectivity index (χ2v) is 5.74. The van der Waals surface area contributed by atoms with E-state index in [0.29, 0.717) is 11.8 Å². The van der Waals surface area contributed by atoms with E-state index in [2.05, 4.69) is 31.2 Å². The summed E-state index contributed by atoms with van der Waals surface area (Å²) in [6, 6.07) is 10.4. The number of hydrogen-bond donors (Lipinski definition) is 0. The third-order valence-electron chi connectivity index (χ3n) is 4.78. The van der Waals surface area contributed by atoms with E-state index in [-0.39, 0.29) is 5.89 Å². The second kappa shape index (κ2) is 4.84. The molecule has 3 rings (SSSR count). The largest absolute Gasteiger partial charge is 0.0622 e. The highest BCUT2D eigenvalue weighted by Crippen LogP contribution is 2.50. The fourth-order valence-electron chi connectivity index (χ4n) is 3.85. The fraction of sp³-hybridized carbons (Fsp3) is 0.647. The van der Waals surface area contributed by atoms with Crippen LogP contribution < -0.4 is 0 Å². The van der Waals surface area contributed by atoms with Gasteiger partial charge in [0.15, 0.2) is 0 Å². The van der Waals surface area contributed by atoms with Crippen LogP contribution in [0.2, 0.25) is 0 Å². The van der Waals surface area contributed by atoms with Crippen molar-refractivity contribution in [3.8, 4) is 0 Å². The van der Waals surface area contributed by atoms with Gasteiger partial charge in [-0.3, -0.25) is 0 Å². The fourth-order valence-corrected chi connectivity index (χ4v) is 3.85. The molecule has 92 valence electrons. The molecular formula is C17H24. The molecular weight excluding hydrogens is 204 g/mol. The van der Waals surface area contributed by atoms with Crippen molar-refractivity contribution in [1.29, 1.82) is 0 Å². The minimum Gasteiger partial charge on any atom is -0.0622 e. The van der Waals surface area contributed by atoms with Crippen molar-refractivity contribution in [2.45, 2.75) is 51.3 Å². The Morgan fingerprint density at radius 2 is 1.65 bits per heavy atom. The van der Waals surface area contributed by atoms with Gasteiger partial charge in [0.1, 0.15) is 0 Å². The first kappa shape index (κ1) is 9.19. The Balaban J connectivity index is 1.98. The van der Waals surface area contributed by atoms with E-state index in [1.165, 1.54) is 18.4 Å². The molecule has 0 saturated heterocycles. The predicted octanol–water partition coefficient (Wildman–Crippen LogP) is 5.01. The molecule has 1 aromatic carbocycles. The zero-order valence-corrected chi connectivity index (χ0v) is 10.8. The van der Waals surface area contributed by atoms with E-state index in [9.17, 15) is 0 Å². The van der Waals surface area contributed by atoms with Crippen molar-refractivity contribution in [2.24, 2.45) is 17.7 Å². The average Bonchev–Trinajstić information content (AvgIpc) is 2.45. The Bertz CT molecular complexity index is 440. The van der Waals surface area contributed by atoms with Crippen LogP contribution in [0.4, 0.5) is 0 Å². The van der Waals surface area contributed by atoms with Crippen LogP contribution in [0.1, 0.15) is 59.6 Å². The molecule has 17 heavy (non-hydrogen) atoms. The van der Waals surface area contributed by atoms with Crippen molar-refractivity contribution in [1.82, 2.24) is 0 Å². The Morgan fingerprint density at radius 1 is 0.941 bits per heavy atom. The molecule has 0 heteroatoms. The van der Waals surface area contributed by atoms with Gasteiger partial charge in [0.25, 0.3) is 0 Å². The number of benzene rings is 1. The first-order chi connectivity index (χ1) is 9.04. The molecule has 0 aromatic heterocycles. The first-order valence-electron chi connectivity index (χ1n) is 8.09. The van der Waals surface area contributed by atoms with Crippen LogP contribution in [0.5, 0.6) is 0 Å². The minimum absolute atomic E-state index is 0.315. The molecule has 0 bridgehead atoms. The Labute approximate surface area is 108 Å². The van der Waals surface area contributed by atoms with E-state index < -0.39 is 5.89 Å². The van der Waals surface area contributed by atoms with Crippen molar-refractivity contribution < 1.29 is 2.74 Å². The van der Waals surface area contributed by atoms with Gasteiger partial charge in [-0.15, -0.1) is 0 Å². The van der Waals surface area contributed by atoms with Gasteiger partial charge in [-0.2, -0.15) is 0 Å². The van der Waals surface area contributed by atoms with Gasteiger partial charge in [-0.1, -0.05) is 50.1 Å². The number of rotatable bonds is 1. The summed E-state index contributed by atoms with van der Waals surface area (Å²) >= 11 is 0. The van der Waals surface area contributed by atoms with Crippen LogP contribution in [0, 0.1) is 17.7 Å². The van der Waals surface area contributed by atoms with Crippen LogP contribution >= 0.6 is 0 Å². The molecule has 0 amide bonds. The standard InChI is InChI=1S/C17H24/c1-13-11-12-16(14-7-3-2-4-8-14)17-10-6-5-9-15(13)17/h2-4,7-8,13,15-17H,5-6,9-12H2,1H3/t13-,15?,16?,17?/m0/s1/i13D,16D. The molecule has 3 unspecified atom stereocenters. The van der Waals surface area contributed by atoms with Crippen molar-refractivity contribution >= 4 is 0 Å². The summed E-state index contributed by atoms with van der Waals surface area (Å²) in [6.45, 7) is 2.10. The van der Waals surface area contributed by atoms with Crippen molar-refractivity contribution in [3.63, 3.8) is 0 Å². The lowest BCUT2D eigenvalue weighted by atomic mass is 9.60. The smallest absolute Gasteiger partial charge is 0.0355 e. The molecule has 2 aliphatic rings. The maximum atomic E-state index is 9.08. The molecule has 0 spiro atoms. The van der Waals surface area contributed by atoms with Gasteiger partial charge in [0.05, 0.1) is 0 Å². The van der Waals surface area contributed by atoms with Gasteiger partial charge >= 0.3 is 0 Å². The number of hydrogen-bond acceptors (Lipinski definition) is 0. The van der Waals surface area contributed by atoms with Gasteiger partial charge in [-0.25, -0.2) is 0 Å². The lowest BCUT2D eigenvalue weighted by Crippen LogP contribution is -2.34. The maximum absolute atomic E-state index is 9.08. The van der Waals surface area contributed by atoms with Gasteiger partial charge in [0, 0.05) is 2.74 Å². The SMILES string of the molecule is [2H]C1(c2ccccc2)CC[C@]([2H])(C)C2CCCCC21. The molecule has 2 saturated carbocycles. The minimum atomic E-state index is -0.451. The van der Waals surface area contributed by atoms with E-state index in [0.717, 1.165) is 25.7 Å². The average molecular weight is 230 g/mol. The molecule has 0 N–H and O–H groups in total. The van der Waals surface area contributed by atoms with Crippen LogP contribution in [0.25, 0.3) is 0 Å². The summed E-state index contributed by atoms with van der Waals surface area (Å²) in [5.74, 6) is 0.0183. The summed E-state index contributed by atoms with van der Waals surface area (Å²) in [6.07, 6.45) is 6.49. The van der Waals surface area contributed by atoms with E-state index in [1.807, 2.05) is 6.07 Å². The maximum Gasteiger partial charge on any atom is 0.0355 e. The summed E-state index contributed by atoms with van der Waals surface area (Å²) in [4.78, 5) is 0. The Morgan fingerprint density at radius 3 is 2.41 bits per heavy atom. The highest BCUT2D eigenvalue weighted by atomic mass is 14.4. The van der Waals surface area contributed by atoms with E-state index >= 15 is 0 Å².